The third-order valence-corrected chi connectivity index (χ3v) is 6.72. The van der Waals surface area contributed by atoms with Gasteiger partial charge >= 0.3 is 11.9 Å². The van der Waals surface area contributed by atoms with Gasteiger partial charge in [-0.2, -0.15) is 4.68 Å². The first-order chi connectivity index (χ1) is 15.7. The van der Waals surface area contributed by atoms with Crippen molar-refractivity contribution in [1.29, 1.82) is 0 Å². The zero-order valence-electron chi connectivity index (χ0n) is 18.8. The Kier molecular flexibility index (Phi) is 7.82. The summed E-state index contributed by atoms with van der Waals surface area (Å²) in [7, 11) is 2.49. The highest BCUT2D eigenvalue weighted by atomic mass is 32.2. The fourth-order valence-corrected chi connectivity index (χ4v) is 5.12. The molecule has 2 heterocycles. The number of hydrogen-bond acceptors (Lipinski definition) is 10. The molecular weight excluding hydrogens is 466 g/mol. The number of nitrogens with one attached hydrogen (secondary N) is 1. The number of rotatable bonds is 8. The summed E-state index contributed by atoms with van der Waals surface area (Å²) in [4.78, 5) is 37.0. The zero-order valence-corrected chi connectivity index (χ0v) is 20.4. The van der Waals surface area contributed by atoms with Crippen molar-refractivity contribution < 1.29 is 23.9 Å². The molecule has 33 heavy (non-hydrogen) atoms. The molecule has 1 N–H and O–H groups in total. The monoisotopic (exact) mass is 489 g/mol. The molecule has 0 aliphatic heterocycles. The number of carbonyl (C=O) groups is 3. The predicted molar refractivity (Wildman–Crippen MR) is 124 cm³/mol. The number of benzene rings is 1. The molecule has 3 aromatic rings. The average molecular weight is 490 g/mol. The smallest absolute Gasteiger partial charge is 0.348 e. The van der Waals surface area contributed by atoms with Gasteiger partial charge in [0.1, 0.15) is 9.88 Å². The van der Waals surface area contributed by atoms with E-state index in [0.717, 1.165) is 28.2 Å². The average Bonchev–Trinajstić information content (AvgIpc) is 3.36. The molecule has 10 nitrogen and oxygen atoms in total. The summed E-state index contributed by atoms with van der Waals surface area (Å²) in [5.74, 6) is -1.15. The highest BCUT2D eigenvalue weighted by Gasteiger charge is 2.26. The van der Waals surface area contributed by atoms with E-state index in [1.54, 1.807) is 11.6 Å². The van der Waals surface area contributed by atoms with E-state index in [1.807, 2.05) is 26.0 Å². The summed E-state index contributed by atoms with van der Waals surface area (Å²) in [5.41, 5.74) is 3.57. The number of methoxy groups -OCH3 is 2. The fraction of sp³-hybridized carbons (Fsp3) is 0.333. The van der Waals surface area contributed by atoms with Crippen LogP contribution in [0.15, 0.2) is 23.4 Å². The number of amides is 1. The second-order valence-corrected chi connectivity index (χ2v) is 9.19. The number of thiophene rings is 1. The van der Waals surface area contributed by atoms with E-state index in [2.05, 4.69) is 26.9 Å². The van der Waals surface area contributed by atoms with Gasteiger partial charge in [-0.15, -0.1) is 16.4 Å². The van der Waals surface area contributed by atoms with Crippen molar-refractivity contribution in [1.82, 2.24) is 20.2 Å². The SMILES string of the molecule is COC(=O)c1sc(NC(=O)CCSc2nnnn2-c2cc(C)cc(C)c2)c(C(=O)OC)c1C. The van der Waals surface area contributed by atoms with Crippen molar-refractivity contribution >= 4 is 45.9 Å². The van der Waals surface area contributed by atoms with Gasteiger partial charge in [-0.1, -0.05) is 17.8 Å². The van der Waals surface area contributed by atoms with Gasteiger partial charge in [-0.05, 0) is 60.0 Å². The summed E-state index contributed by atoms with van der Waals surface area (Å²) in [6, 6.07) is 6.02. The molecule has 1 aromatic carbocycles. The first-order valence-corrected chi connectivity index (χ1v) is 11.6. The van der Waals surface area contributed by atoms with Crippen LogP contribution in [0.3, 0.4) is 0 Å². The molecule has 0 unspecified atom stereocenters. The van der Waals surface area contributed by atoms with Gasteiger partial charge in [0.15, 0.2) is 0 Å². The van der Waals surface area contributed by atoms with Crippen LogP contribution in [0.2, 0.25) is 0 Å². The van der Waals surface area contributed by atoms with Gasteiger partial charge in [0, 0.05) is 12.2 Å². The highest BCUT2D eigenvalue weighted by molar-refractivity contribution is 7.99. The van der Waals surface area contributed by atoms with E-state index in [4.69, 9.17) is 9.47 Å². The Morgan fingerprint density at radius 1 is 1.06 bits per heavy atom. The van der Waals surface area contributed by atoms with Crippen molar-refractivity contribution in [3.05, 3.63) is 45.3 Å². The van der Waals surface area contributed by atoms with E-state index < -0.39 is 11.9 Å². The minimum Gasteiger partial charge on any atom is -0.465 e. The maximum Gasteiger partial charge on any atom is 0.348 e. The second kappa shape index (κ2) is 10.6. The molecule has 0 fully saturated rings. The second-order valence-electron chi connectivity index (χ2n) is 7.11. The number of tetrazole rings is 1. The molecule has 0 aliphatic rings. The van der Waals surface area contributed by atoms with Crippen molar-refractivity contribution in [3.8, 4) is 5.69 Å². The summed E-state index contributed by atoms with van der Waals surface area (Å²) in [6.07, 6.45) is 0.134. The molecule has 0 radical (unpaired) electrons. The summed E-state index contributed by atoms with van der Waals surface area (Å²) in [6.45, 7) is 5.60. The van der Waals surface area contributed by atoms with E-state index in [1.165, 1.54) is 26.0 Å². The number of thioether (sulfide) groups is 1. The predicted octanol–water partition coefficient (Wildman–Crippen LogP) is 3.34. The Morgan fingerprint density at radius 2 is 1.73 bits per heavy atom. The topological polar surface area (TPSA) is 125 Å². The summed E-state index contributed by atoms with van der Waals surface area (Å²) in [5, 5.41) is 15.4. The molecule has 2 aromatic heterocycles. The molecule has 174 valence electrons. The Hall–Kier alpha value is -3.25. The third-order valence-electron chi connectivity index (χ3n) is 4.61. The minimum absolute atomic E-state index is 0.134. The van der Waals surface area contributed by atoms with Crippen LogP contribution >= 0.6 is 23.1 Å². The molecule has 3 rings (SSSR count). The van der Waals surface area contributed by atoms with Gasteiger partial charge in [-0.3, -0.25) is 4.79 Å². The number of aromatic nitrogens is 4. The highest BCUT2D eigenvalue weighted by Crippen LogP contribution is 2.34. The molecule has 0 aliphatic carbocycles. The van der Waals surface area contributed by atoms with E-state index in [9.17, 15) is 14.4 Å². The van der Waals surface area contributed by atoms with E-state index >= 15 is 0 Å². The quantitative estimate of drug-likeness (QED) is 0.374. The Labute approximate surface area is 198 Å². The molecule has 0 atom stereocenters. The molecular formula is C21H23N5O5S2. The lowest BCUT2D eigenvalue weighted by Gasteiger charge is -2.07. The lowest BCUT2D eigenvalue weighted by Crippen LogP contribution is -2.14. The van der Waals surface area contributed by atoms with Crippen LogP contribution in [0, 0.1) is 20.8 Å². The number of esters is 2. The van der Waals surface area contributed by atoms with Gasteiger partial charge in [-0.25, -0.2) is 9.59 Å². The largest absolute Gasteiger partial charge is 0.465 e. The summed E-state index contributed by atoms with van der Waals surface area (Å²) >= 11 is 2.31. The van der Waals surface area contributed by atoms with Crippen molar-refractivity contribution in [2.75, 3.05) is 25.3 Å². The van der Waals surface area contributed by atoms with E-state index in [-0.39, 0.29) is 27.8 Å². The summed E-state index contributed by atoms with van der Waals surface area (Å²) < 4.78 is 11.2. The lowest BCUT2D eigenvalue weighted by atomic mass is 10.1. The molecule has 0 saturated heterocycles. The number of hydrogen-bond donors (Lipinski definition) is 1. The molecule has 0 spiro atoms. The first kappa shape index (κ1) is 24.4. The fourth-order valence-electron chi connectivity index (χ4n) is 3.16. The van der Waals surface area contributed by atoms with Crippen LogP contribution in [0.25, 0.3) is 5.69 Å². The maximum absolute atomic E-state index is 12.6. The van der Waals surface area contributed by atoms with Crippen LogP contribution in [0.1, 0.15) is 43.1 Å². The van der Waals surface area contributed by atoms with Crippen LogP contribution in [0.4, 0.5) is 5.00 Å². The van der Waals surface area contributed by atoms with Crippen LogP contribution < -0.4 is 5.32 Å². The standard InChI is InChI=1S/C21H23N5O5S2/c1-11-8-12(2)10-14(9-11)26-21(23-24-25-26)32-7-6-15(27)22-18-16(19(28)30-4)13(3)17(33-18)20(29)31-5/h8-10H,6-7H2,1-5H3,(H,22,27). The van der Waals surface area contributed by atoms with Gasteiger partial charge in [0.2, 0.25) is 11.1 Å². The van der Waals surface area contributed by atoms with Gasteiger partial charge < -0.3 is 14.8 Å². The zero-order chi connectivity index (χ0) is 24.1. The van der Waals surface area contributed by atoms with Gasteiger partial charge in [0.05, 0.1) is 25.5 Å². The van der Waals surface area contributed by atoms with Crippen molar-refractivity contribution in [2.24, 2.45) is 0 Å². The normalized spacial score (nSPS) is 10.7. The molecule has 1 amide bonds. The van der Waals surface area contributed by atoms with E-state index in [0.29, 0.717) is 16.5 Å². The molecule has 0 bridgehead atoms. The maximum atomic E-state index is 12.6. The molecule has 12 heteroatoms. The van der Waals surface area contributed by atoms with Crippen molar-refractivity contribution in [3.63, 3.8) is 0 Å². The minimum atomic E-state index is -0.642. The van der Waals surface area contributed by atoms with Crippen LogP contribution in [-0.2, 0) is 14.3 Å². The number of ether oxygens (including phenoxy) is 2. The van der Waals surface area contributed by atoms with Crippen molar-refractivity contribution in [2.45, 2.75) is 32.3 Å². The number of aryl methyl sites for hydroxylation is 2. The van der Waals surface area contributed by atoms with Crippen LogP contribution in [0.5, 0.6) is 0 Å². The number of nitrogens with zero attached hydrogens (tertiary/aromatic N) is 4. The lowest BCUT2D eigenvalue weighted by molar-refractivity contribution is -0.115. The third kappa shape index (κ3) is 5.57. The number of anilines is 1. The number of carbonyl (C=O) groups excluding carboxylic acids is 3. The van der Waals surface area contributed by atoms with Crippen LogP contribution in [-0.4, -0.2) is 58.0 Å². The molecule has 0 saturated carbocycles. The Balaban J connectivity index is 1.68. The van der Waals surface area contributed by atoms with Gasteiger partial charge in [0.25, 0.3) is 0 Å². The first-order valence-electron chi connectivity index (χ1n) is 9.84. The Bertz CT molecular complexity index is 1180. The Morgan fingerprint density at radius 3 is 2.36 bits per heavy atom.